The standard InChI is InChI=1S/C27H44N4S.C13H18FN.C2H6/c1-7-8-9-11-20(2)16-26-21(3)25(28)15-14-24(18-27(4,5)6)29-19-22-12-10-13-23(17-22)30-32-31-26;1-9-6-11(13(3)4-5-13)7-12(9)15-10(2)8-14;1-2/h8-13,17,24,26,29-31H,7,14-16,18-19,28H2,1-6H3;7-8,12,15H,1,4-6H2,2-3H3;1-2H3/b9-8-,20-11-,25-21-;10-8+;. The second kappa shape index (κ2) is 20.8. The Morgan fingerprint density at radius 2 is 1.92 bits per heavy atom. The van der Waals surface area contributed by atoms with Gasteiger partial charge in [-0.1, -0.05) is 103 Å². The van der Waals surface area contributed by atoms with Crippen LogP contribution in [0.3, 0.4) is 0 Å². The minimum atomic E-state index is 0.129. The monoisotopic (exact) mass is 694 g/mol. The largest absolute Gasteiger partial charge is 0.402 e. The zero-order chi connectivity index (χ0) is 36.6. The summed E-state index contributed by atoms with van der Waals surface area (Å²) in [6, 6.07) is 9.40. The van der Waals surface area contributed by atoms with Crippen molar-refractivity contribution >= 4 is 17.8 Å². The zero-order valence-electron chi connectivity index (χ0n) is 32.4. The summed E-state index contributed by atoms with van der Waals surface area (Å²) in [5, 5.41) is 6.92. The molecule has 3 unspecified atom stereocenters. The summed E-state index contributed by atoms with van der Waals surface area (Å²) < 4.78 is 19.3. The van der Waals surface area contributed by atoms with Crippen LogP contribution in [0.4, 0.5) is 10.1 Å². The fourth-order valence-electron chi connectivity index (χ4n) is 6.05. The topological polar surface area (TPSA) is 74.1 Å². The molecule has 0 amide bonds. The smallest absolute Gasteiger partial charge is 0.105 e. The summed E-state index contributed by atoms with van der Waals surface area (Å²) in [5.74, 6) is 0. The van der Waals surface area contributed by atoms with Gasteiger partial charge in [-0.2, -0.15) is 0 Å². The van der Waals surface area contributed by atoms with Gasteiger partial charge < -0.3 is 21.1 Å². The lowest BCUT2D eigenvalue weighted by Crippen LogP contribution is -2.33. The van der Waals surface area contributed by atoms with Crippen LogP contribution >= 0.6 is 12.1 Å². The molecule has 3 atom stereocenters. The van der Waals surface area contributed by atoms with Crippen molar-refractivity contribution in [3.05, 3.63) is 101 Å². The molecule has 1 aliphatic heterocycles. The van der Waals surface area contributed by atoms with Crippen LogP contribution in [-0.4, -0.2) is 18.1 Å². The van der Waals surface area contributed by atoms with Crippen LogP contribution in [0, 0.1) is 10.8 Å². The number of rotatable bonds is 8. The molecule has 1 aromatic rings. The Kier molecular flexibility index (Phi) is 18.0. The zero-order valence-corrected chi connectivity index (χ0v) is 33.2. The highest BCUT2D eigenvalue weighted by molar-refractivity contribution is 7.98. The summed E-state index contributed by atoms with van der Waals surface area (Å²) in [4.78, 5) is 0. The van der Waals surface area contributed by atoms with Crippen molar-refractivity contribution in [1.82, 2.24) is 15.4 Å². The lowest BCUT2D eigenvalue weighted by atomic mass is 9.86. The first-order chi connectivity index (χ1) is 23.2. The molecule has 5 nitrogen and oxygen atoms in total. The van der Waals surface area contributed by atoms with E-state index in [0.29, 0.717) is 23.5 Å². The lowest BCUT2D eigenvalue weighted by Gasteiger charge is -2.28. The van der Waals surface area contributed by atoms with E-state index in [0.717, 1.165) is 62.0 Å². The first kappa shape index (κ1) is 42.4. The van der Waals surface area contributed by atoms with Crippen molar-refractivity contribution in [2.75, 3.05) is 4.72 Å². The van der Waals surface area contributed by atoms with Gasteiger partial charge in [0.15, 0.2) is 0 Å². The van der Waals surface area contributed by atoms with Gasteiger partial charge in [-0.15, -0.1) is 0 Å². The van der Waals surface area contributed by atoms with Crippen molar-refractivity contribution in [1.29, 1.82) is 0 Å². The average Bonchev–Trinajstić information content (AvgIpc) is 3.71. The first-order valence-corrected chi connectivity index (χ1v) is 19.2. The molecule has 1 fully saturated rings. The van der Waals surface area contributed by atoms with E-state index in [1.165, 1.54) is 47.3 Å². The molecule has 2 bridgehead atoms. The molecule has 6 N–H and O–H groups in total. The summed E-state index contributed by atoms with van der Waals surface area (Å²) in [7, 11) is 0. The lowest BCUT2D eigenvalue weighted by molar-refractivity contribution is 0.296. The van der Waals surface area contributed by atoms with Crippen LogP contribution in [0.1, 0.15) is 126 Å². The van der Waals surface area contributed by atoms with E-state index in [-0.39, 0.29) is 17.5 Å². The quantitative estimate of drug-likeness (QED) is 0.106. The van der Waals surface area contributed by atoms with Crippen LogP contribution in [0.2, 0.25) is 0 Å². The molecule has 0 aromatic heterocycles. The van der Waals surface area contributed by atoms with E-state index in [1.807, 2.05) is 13.8 Å². The number of benzene rings is 1. The minimum absolute atomic E-state index is 0.129. The number of fused-ring (bicyclic) bond motifs is 2. The first-order valence-electron chi connectivity index (χ1n) is 18.4. The molecular formula is C42H68FN5S. The number of allylic oxidation sites excluding steroid dienone is 6. The van der Waals surface area contributed by atoms with Gasteiger partial charge in [-0.25, -0.2) is 9.11 Å². The Labute approximate surface area is 304 Å². The summed E-state index contributed by atoms with van der Waals surface area (Å²) >= 11 is 1.54. The highest BCUT2D eigenvalue weighted by Crippen LogP contribution is 2.55. The molecule has 2 aliphatic carbocycles. The van der Waals surface area contributed by atoms with Crippen LogP contribution in [0.25, 0.3) is 0 Å². The molecule has 1 saturated carbocycles. The van der Waals surface area contributed by atoms with Gasteiger partial charge in [0.25, 0.3) is 0 Å². The third-order valence-corrected chi connectivity index (χ3v) is 10.1. The van der Waals surface area contributed by atoms with Gasteiger partial charge in [0.2, 0.25) is 0 Å². The number of hydrogen-bond acceptors (Lipinski definition) is 6. The number of nitrogens with one attached hydrogen (secondary N) is 4. The van der Waals surface area contributed by atoms with Gasteiger partial charge in [0, 0.05) is 47.8 Å². The Morgan fingerprint density at radius 1 is 1.20 bits per heavy atom. The maximum Gasteiger partial charge on any atom is 0.105 e. The second-order valence-corrected chi connectivity index (χ2v) is 15.9. The summed E-state index contributed by atoms with van der Waals surface area (Å²) in [5.41, 5.74) is 16.5. The van der Waals surface area contributed by atoms with Crippen LogP contribution in [0.5, 0.6) is 0 Å². The third-order valence-electron chi connectivity index (χ3n) is 9.37. The second-order valence-electron chi connectivity index (χ2n) is 15.2. The van der Waals surface area contributed by atoms with Gasteiger partial charge in [-0.05, 0) is 112 Å². The SMILES string of the molecule is C=C1CC(C2(C)CC2)=CC1N/C(C)=C/F.CC.CC/C=C\C=C(\C)CC1NSNc2cccc(c2)CNC(CC(C)(C)C)CC/C(N)=C/1C. The number of anilines is 1. The minimum Gasteiger partial charge on any atom is -0.402 e. The Bertz CT molecular complexity index is 1340. The third kappa shape index (κ3) is 15.4. The van der Waals surface area contributed by atoms with Gasteiger partial charge in [0.1, 0.15) is 6.33 Å². The summed E-state index contributed by atoms with van der Waals surface area (Å²) in [6.45, 7) is 26.4. The van der Waals surface area contributed by atoms with Gasteiger partial charge in [0.05, 0.1) is 6.04 Å². The molecule has 1 heterocycles. The van der Waals surface area contributed by atoms with Gasteiger partial charge in [-0.3, -0.25) is 0 Å². The molecule has 0 spiro atoms. The average molecular weight is 694 g/mol. The Balaban J connectivity index is 0.000000406. The molecule has 49 heavy (non-hydrogen) atoms. The molecule has 274 valence electrons. The molecule has 0 radical (unpaired) electrons. The fraction of sp³-hybridized carbons (Fsp3) is 0.571. The van der Waals surface area contributed by atoms with E-state index < -0.39 is 0 Å². The molecular weight excluding hydrogens is 626 g/mol. The van der Waals surface area contributed by atoms with E-state index in [9.17, 15) is 4.39 Å². The number of nitrogens with two attached hydrogens (primary N) is 1. The van der Waals surface area contributed by atoms with Crippen molar-refractivity contribution in [3.63, 3.8) is 0 Å². The van der Waals surface area contributed by atoms with Crippen LogP contribution in [-0.2, 0) is 6.54 Å². The predicted molar refractivity (Wildman–Crippen MR) is 216 cm³/mol. The van der Waals surface area contributed by atoms with Crippen LogP contribution in [0.15, 0.2) is 95.2 Å². The molecule has 1 aromatic carbocycles. The fourth-order valence-corrected chi connectivity index (χ4v) is 6.76. The van der Waals surface area contributed by atoms with E-state index in [2.05, 4.69) is 124 Å². The van der Waals surface area contributed by atoms with Gasteiger partial charge >= 0.3 is 0 Å². The van der Waals surface area contributed by atoms with E-state index >= 15 is 0 Å². The summed E-state index contributed by atoms with van der Waals surface area (Å²) in [6.07, 6.45) is 18.0. The highest BCUT2D eigenvalue weighted by atomic mass is 32.2. The maximum atomic E-state index is 12.2. The highest BCUT2D eigenvalue weighted by Gasteiger charge is 2.43. The maximum absolute atomic E-state index is 12.2. The Morgan fingerprint density at radius 3 is 2.55 bits per heavy atom. The molecule has 0 saturated heterocycles. The molecule has 7 heteroatoms. The normalized spacial score (nSPS) is 24.8. The van der Waals surface area contributed by atoms with Crippen molar-refractivity contribution in [3.8, 4) is 0 Å². The van der Waals surface area contributed by atoms with Crippen molar-refractivity contribution in [2.45, 2.75) is 145 Å². The van der Waals surface area contributed by atoms with E-state index in [1.54, 1.807) is 6.92 Å². The molecule has 3 aliphatic rings. The predicted octanol–water partition coefficient (Wildman–Crippen LogP) is 11.3. The Hall–Kier alpha value is -2.74. The van der Waals surface area contributed by atoms with E-state index in [4.69, 9.17) is 5.73 Å². The number of halogens is 1. The van der Waals surface area contributed by atoms with Crippen LogP contribution < -0.4 is 25.8 Å². The number of hydrogen-bond donors (Lipinski definition) is 5. The molecule has 4 rings (SSSR count). The van der Waals surface area contributed by atoms with Crippen molar-refractivity contribution < 1.29 is 4.39 Å². The van der Waals surface area contributed by atoms with Crippen molar-refractivity contribution in [2.24, 2.45) is 16.6 Å².